The summed E-state index contributed by atoms with van der Waals surface area (Å²) < 4.78 is 0. The minimum Gasteiger partial charge on any atom is -0.299 e. The van der Waals surface area contributed by atoms with Crippen LogP contribution in [0.4, 0.5) is 0 Å². The van der Waals surface area contributed by atoms with Crippen LogP contribution in [-0.2, 0) is 4.79 Å². The first-order valence-electron chi connectivity index (χ1n) is 4.41. The normalized spacial score (nSPS) is 73.4. The zero-order valence-corrected chi connectivity index (χ0v) is 5.79. The molecular formula is C9H10O. The Labute approximate surface area is 59.8 Å². The van der Waals surface area contributed by atoms with E-state index in [2.05, 4.69) is 0 Å². The van der Waals surface area contributed by atoms with Crippen LogP contribution in [0.5, 0.6) is 0 Å². The summed E-state index contributed by atoms with van der Waals surface area (Å²) in [5, 5.41) is 0. The van der Waals surface area contributed by atoms with Gasteiger partial charge in [-0.1, -0.05) is 0 Å². The van der Waals surface area contributed by atoms with E-state index in [1.807, 2.05) is 0 Å². The molecule has 0 N–H and O–H groups in total. The Hall–Kier alpha value is -0.330. The van der Waals surface area contributed by atoms with Crippen LogP contribution in [0, 0.1) is 35.5 Å². The van der Waals surface area contributed by atoms with Crippen molar-refractivity contribution in [3.8, 4) is 0 Å². The lowest BCUT2D eigenvalue weighted by molar-refractivity contribution is -0.124. The van der Waals surface area contributed by atoms with E-state index < -0.39 is 0 Å². The van der Waals surface area contributed by atoms with Crippen molar-refractivity contribution in [3.05, 3.63) is 0 Å². The lowest BCUT2D eigenvalue weighted by atomic mass is 9.85. The number of rotatable bonds is 0. The fraction of sp³-hybridized carbons (Fsp3) is 0.889. The molecule has 0 spiro atoms. The molecule has 52 valence electrons. The molecular weight excluding hydrogens is 124 g/mol. The van der Waals surface area contributed by atoms with Crippen molar-refractivity contribution in [3.63, 3.8) is 0 Å². The highest BCUT2D eigenvalue weighted by molar-refractivity contribution is 5.92. The van der Waals surface area contributed by atoms with Gasteiger partial charge in [-0.25, -0.2) is 0 Å². The SMILES string of the molecule is O=C1[C@H]2[C@H]3[C@@H]4C[C@@H](C[C@H]14)[C@@H]23. The molecule has 0 radical (unpaired) electrons. The highest BCUT2D eigenvalue weighted by Crippen LogP contribution is 2.77. The molecule has 4 rings (SSSR count). The van der Waals surface area contributed by atoms with Crippen molar-refractivity contribution in [1.29, 1.82) is 0 Å². The van der Waals surface area contributed by atoms with Crippen molar-refractivity contribution in [2.24, 2.45) is 35.5 Å². The van der Waals surface area contributed by atoms with Crippen molar-refractivity contribution >= 4 is 5.78 Å². The van der Waals surface area contributed by atoms with Crippen LogP contribution in [0.15, 0.2) is 0 Å². The molecule has 1 nitrogen and oxygen atoms in total. The first-order chi connectivity index (χ1) is 4.88. The molecule has 0 aromatic carbocycles. The standard InChI is InChI=1S/C9H10O/c10-9-5-2-3-1-4(5)7-6(3)8(7)9/h3-8H,1-2H2/t3-,4+,5-,6+,7-,8+/m0/s1. The third kappa shape index (κ3) is 0.240. The molecule has 0 unspecified atom stereocenters. The van der Waals surface area contributed by atoms with Crippen LogP contribution in [-0.4, -0.2) is 5.78 Å². The van der Waals surface area contributed by atoms with Crippen LogP contribution < -0.4 is 0 Å². The predicted octanol–water partition coefficient (Wildman–Crippen LogP) is 1.09. The molecule has 4 saturated carbocycles. The molecule has 4 fully saturated rings. The minimum absolute atomic E-state index is 0.560. The highest BCUT2D eigenvalue weighted by atomic mass is 16.1. The van der Waals surface area contributed by atoms with Crippen molar-refractivity contribution in [1.82, 2.24) is 0 Å². The smallest absolute Gasteiger partial charge is 0.139 e. The molecule has 0 aliphatic heterocycles. The minimum atomic E-state index is 0.560. The summed E-state index contributed by atoms with van der Waals surface area (Å²) in [4.78, 5) is 11.4. The molecule has 0 amide bonds. The van der Waals surface area contributed by atoms with Gasteiger partial charge in [-0.05, 0) is 36.5 Å². The van der Waals surface area contributed by atoms with Crippen LogP contribution >= 0.6 is 0 Å². The molecule has 0 saturated heterocycles. The Bertz CT molecular complexity index is 241. The number of fused-ring (bicyclic) bond motifs is 3. The van der Waals surface area contributed by atoms with Gasteiger partial charge in [0.15, 0.2) is 0 Å². The molecule has 4 aliphatic carbocycles. The maximum atomic E-state index is 11.4. The Balaban J connectivity index is 2.01. The van der Waals surface area contributed by atoms with Gasteiger partial charge in [-0.3, -0.25) is 4.79 Å². The molecule has 4 aliphatic rings. The topological polar surface area (TPSA) is 17.1 Å². The van der Waals surface area contributed by atoms with Gasteiger partial charge in [0.2, 0.25) is 0 Å². The van der Waals surface area contributed by atoms with Gasteiger partial charge in [0, 0.05) is 11.8 Å². The zero-order valence-electron chi connectivity index (χ0n) is 5.79. The Morgan fingerprint density at radius 1 is 1.20 bits per heavy atom. The third-order valence-electron chi connectivity index (χ3n) is 4.51. The predicted molar refractivity (Wildman–Crippen MR) is 35.2 cm³/mol. The maximum absolute atomic E-state index is 11.4. The van der Waals surface area contributed by atoms with E-state index in [1.165, 1.54) is 12.8 Å². The molecule has 2 bridgehead atoms. The van der Waals surface area contributed by atoms with E-state index >= 15 is 0 Å². The monoisotopic (exact) mass is 134 g/mol. The van der Waals surface area contributed by atoms with Crippen LogP contribution in [0.2, 0.25) is 0 Å². The van der Waals surface area contributed by atoms with Crippen molar-refractivity contribution in [2.45, 2.75) is 12.8 Å². The third-order valence-corrected chi connectivity index (χ3v) is 4.51. The highest BCUT2D eigenvalue weighted by Gasteiger charge is 2.77. The van der Waals surface area contributed by atoms with Gasteiger partial charge in [0.1, 0.15) is 5.78 Å². The quantitative estimate of drug-likeness (QED) is 0.484. The molecule has 6 atom stereocenters. The molecule has 10 heavy (non-hydrogen) atoms. The lowest BCUT2D eigenvalue weighted by Crippen LogP contribution is -2.22. The number of ketones is 1. The summed E-state index contributed by atoms with van der Waals surface area (Å²) in [6, 6.07) is 0. The maximum Gasteiger partial charge on any atom is 0.139 e. The van der Waals surface area contributed by atoms with E-state index in [9.17, 15) is 4.79 Å². The van der Waals surface area contributed by atoms with Gasteiger partial charge in [0.05, 0.1) is 0 Å². The van der Waals surface area contributed by atoms with E-state index in [0.29, 0.717) is 17.6 Å². The number of hydrogen-bond donors (Lipinski definition) is 0. The van der Waals surface area contributed by atoms with E-state index in [4.69, 9.17) is 0 Å². The van der Waals surface area contributed by atoms with E-state index in [-0.39, 0.29) is 0 Å². The first-order valence-corrected chi connectivity index (χ1v) is 4.41. The van der Waals surface area contributed by atoms with Crippen LogP contribution in [0.1, 0.15) is 12.8 Å². The van der Waals surface area contributed by atoms with Gasteiger partial charge in [0.25, 0.3) is 0 Å². The molecule has 1 heteroatoms. The van der Waals surface area contributed by atoms with E-state index in [0.717, 1.165) is 23.7 Å². The second kappa shape index (κ2) is 0.992. The summed E-state index contributed by atoms with van der Waals surface area (Å²) in [5.74, 6) is 5.52. The van der Waals surface area contributed by atoms with E-state index in [1.54, 1.807) is 0 Å². The fourth-order valence-corrected chi connectivity index (χ4v) is 4.32. The van der Waals surface area contributed by atoms with Crippen molar-refractivity contribution < 1.29 is 4.79 Å². The second-order valence-electron chi connectivity index (χ2n) is 4.58. The summed E-state index contributed by atoms with van der Waals surface area (Å²) in [7, 11) is 0. The first kappa shape index (κ1) is 4.53. The largest absolute Gasteiger partial charge is 0.299 e. The summed E-state index contributed by atoms with van der Waals surface area (Å²) in [5.41, 5.74) is 0. The Kier molecular flexibility index (Phi) is 0.449. The number of Topliss-reactive ketones (excluding diaryl/α,β-unsaturated/α-hetero) is 1. The summed E-state index contributed by atoms with van der Waals surface area (Å²) >= 11 is 0. The average molecular weight is 134 g/mol. The summed E-state index contributed by atoms with van der Waals surface area (Å²) in [6.45, 7) is 0. The van der Waals surface area contributed by atoms with Crippen molar-refractivity contribution in [2.75, 3.05) is 0 Å². The van der Waals surface area contributed by atoms with Crippen LogP contribution in [0.25, 0.3) is 0 Å². The fourth-order valence-electron chi connectivity index (χ4n) is 4.32. The summed E-state index contributed by atoms with van der Waals surface area (Å²) in [6.07, 6.45) is 2.70. The lowest BCUT2D eigenvalue weighted by Gasteiger charge is -2.18. The number of hydrogen-bond acceptors (Lipinski definition) is 1. The second-order valence-corrected chi connectivity index (χ2v) is 4.58. The number of carbonyl (C=O) groups excluding carboxylic acids is 1. The van der Waals surface area contributed by atoms with Gasteiger partial charge in [-0.15, -0.1) is 0 Å². The number of carbonyl (C=O) groups is 1. The van der Waals surface area contributed by atoms with Crippen LogP contribution in [0.3, 0.4) is 0 Å². The van der Waals surface area contributed by atoms with Gasteiger partial charge >= 0.3 is 0 Å². The van der Waals surface area contributed by atoms with Gasteiger partial charge < -0.3 is 0 Å². The average Bonchev–Trinajstić information content (AvgIpc) is 2.35. The molecule has 0 aromatic rings. The Morgan fingerprint density at radius 3 is 2.60 bits per heavy atom. The molecule has 0 aromatic heterocycles. The zero-order chi connectivity index (χ0) is 6.46. The molecule has 0 heterocycles. The Morgan fingerprint density at radius 2 is 2.10 bits per heavy atom. The van der Waals surface area contributed by atoms with Gasteiger partial charge in [-0.2, -0.15) is 0 Å².